The molecular formula is C5H15NS. The maximum atomic E-state index is 5.61. The van der Waals surface area contributed by atoms with Crippen molar-refractivity contribution in [2.75, 3.05) is 18.8 Å². The van der Waals surface area contributed by atoms with E-state index in [4.69, 9.17) is 5.73 Å². The third-order valence-corrected chi connectivity index (χ3v) is 3.35. The minimum Gasteiger partial charge on any atom is -0.321 e. The molecule has 0 rings (SSSR count). The van der Waals surface area contributed by atoms with Gasteiger partial charge in [-0.15, -0.1) is 0 Å². The lowest BCUT2D eigenvalue weighted by molar-refractivity contribution is 1.03. The van der Waals surface area contributed by atoms with Gasteiger partial charge in [0, 0.05) is 5.37 Å². The standard InChI is InChI=1S/C5H15NS/c1-5(6)7(2,3)4/h5H,6H2,1-4H3. The first-order valence-electron chi connectivity index (χ1n) is 2.37. The van der Waals surface area contributed by atoms with Crippen molar-refractivity contribution in [3.8, 4) is 0 Å². The highest BCUT2D eigenvalue weighted by Gasteiger charge is 2.07. The Hall–Kier alpha value is 0.310. The smallest absolute Gasteiger partial charge is 0.0316 e. The molecule has 0 aliphatic heterocycles. The molecule has 0 aliphatic carbocycles. The molecule has 2 N–H and O–H groups in total. The summed E-state index contributed by atoms with van der Waals surface area (Å²) in [4.78, 5) is 0. The van der Waals surface area contributed by atoms with Crippen LogP contribution >= 0.6 is 10.0 Å². The summed E-state index contributed by atoms with van der Waals surface area (Å²) in [5.74, 6) is 0. The van der Waals surface area contributed by atoms with Gasteiger partial charge in [-0.2, -0.15) is 0 Å². The lowest BCUT2D eigenvalue weighted by Gasteiger charge is -2.29. The van der Waals surface area contributed by atoms with Crippen LogP contribution in [0.1, 0.15) is 6.92 Å². The zero-order chi connectivity index (χ0) is 6.08. The van der Waals surface area contributed by atoms with Gasteiger partial charge >= 0.3 is 0 Å². The summed E-state index contributed by atoms with van der Waals surface area (Å²) in [5.41, 5.74) is 5.61. The first kappa shape index (κ1) is 7.31. The van der Waals surface area contributed by atoms with Crippen molar-refractivity contribution in [2.24, 2.45) is 5.73 Å². The Morgan fingerprint density at radius 1 is 1.29 bits per heavy atom. The normalized spacial score (nSPS) is 19.0. The fraction of sp³-hybridized carbons (Fsp3) is 1.00. The van der Waals surface area contributed by atoms with E-state index >= 15 is 0 Å². The Balaban J connectivity index is 3.54. The molecule has 46 valence electrons. The highest BCUT2D eigenvalue weighted by molar-refractivity contribution is 8.32. The molecule has 0 radical (unpaired) electrons. The molecule has 0 aliphatic rings. The molecule has 0 saturated heterocycles. The summed E-state index contributed by atoms with van der Waals surface area (Å²) in [6.45, 7) is 2.06. The summed E-state index contributed by atoms with van der Waals surface area (Å²) in [7, 11) is -0.463. The van der Waals surface area contributed by atoms with E-state index in [0.29, 0.717) is 5.37 Å². The molecular weight excluding hydrogens is 106 g/mol. The van der Waals surface area contributed by atoms with Crippen LogP contribution in [0.25, 0.3) is 0 Å². The summed E-state index contributed by atoms with van der Waals surface area (Å²) in [6.07, 6.45) is 6.66. The van der Waals surface area contributed by atoms with Crippen LogP contribution in [0.5, 0.6) is 0 Å². The largest absolute Gasteiger partial charge is 0.321 e. The van der Waals surface area contributed by atoms with Crippen LogP contribution in [0, 0.1) is 0 Å². The highest BCUT2D eigenvalue weighted by Crippen LogP contribution is 2.37. The van der Waals surface area contributed by atoms with Crippen LogP contribution < -0.4 is 5.73 Å². The minimum atomic E-state index is -0.463. The molecule has 0 fully saturated rings. The fourth-order valence-electron chi connectivity index (χ4n) is 0. The SMILES string of the molecule is CC(N)S(C)(C)C. The molecule has 0 heterocycles. The average Bonchev–Trinajstić information content (AvgIpc) is 1.31. The second-order valence-electron chi connectivity index (χ2n) is 2.64. The topological polar surface area (TPSA) is 26.0 Å². The van der Waals surface area contributed by atoms with Crippen LogP contribution in [0.3, 0.4) is 0 Å². The van der Waals surface area contributed by atoms with Crippen molar-refractivity contribution in [2.45, 2.75) is 12.3 Å². The van der Waals surface area contributed by atoms with E-state index in [0.717, 1.165) is 0 Å². The van der Waals surface area contributed by atoms with Crippen molar-refractivity contribution in [3.63, 3.8) is 0 Å². The van der Waals surface area contributed by atoms with Gasteiger partial charge in [0.25, 0.3) is 0 Å². The van der Waals surface area contributed by atoms with Gasteiger partial charge in [0.15, 0.2) is 0 Å². The van der Waals surface area contributed by atoms with E-state index in [9.17, 15) is 0 Å². The van der Waals surface area contributed by atoms with Gasteiger partial charge in [-0.3, -0.25) is 0 Å². The third-order valence-electron chi connectivity index (χ3n) is 1.12. The first-order chi connectivity index (χ1) is 2.94. The van der Waals surface area contributed by atoms with Gasteiger partial charge in [0.1, 0.15) is 0 Å². The summed E-state index contributed by atoms with van der Waals surface area (Å²) in [6, 6.07) is 0. The van der Waals surface area contributed by atoms with E-state index in [1.165, 1.54) is 0 Å². The lowest BCUT2D eigenvalue weighted by Crippen LogP contribution is -2.21. The Kier molecular flexibility index (Phi) is 2.14. The number of hydrogen-bond donors (Lipinski definition) is 1. The molecule has 1 unspecified atom stereocenters. The van der Waals surface area contributed by atoms with E-state index in [-0.39, 0.29) is 0 Å². The molecule has 1 nitrogen and oxygen atoms in total. The maximum absolute atomic E-state index is 5.61. The van der Waals surface area contributed by atoms with Gasteiger partial charge in [0.05, 0.1) is 0 Å². The van der Waals surface area contributed by atoms with Crippen molar-refractivity contribution in [3.05, 3.63) is 0 Å². The first-order valence-corrected chi connectivity index (χ1v) is 5.29. The second kappa shape index (κ2) is 2.05. The van der Waals surface area contributed by atoms with Crippen molar-refractivity contribution in [1.82, 2.24) is 0 Å². The predicted octanol–water partition coefficient (Wildman–Crippen LogP) is 0.985. The van der Waals surface area contributed by atoms with Crippen LogP contribution in [-0.4, -0.2) is 24.1 Å². The molecule has 0 saturated carbocycles. The van der Waals surface area contributed by atoms with Crippen LogP contribution in [0.15, 0.2) is 0 Å². The Morgan fingerprint density at radius 3 is 1.43 bits per heavy atom. The molecule has 0 spiro atoms. The number of rotatable bonds is 1. The van der Waals surface area contributed by atoms with E-state index in [1.54, 1.807) is 0 Å². The third kappa shape index (κ3) is 2.94. The lowest BCUT2D eigenvalue weighted by atomic mass is 10.8. The highest BCUT2D eigenvalue weighted by atomic mass is 32.3. The average molecular weight is 121 g/mol. The number of nitrogens with two attached hydrogens (primary N) is 1. The molecule has 0 aromatic carbocycles. The molecule has 2 heteroatoms. The van der Waals surface area contributed by atoms with Gasteiger partial charge in [-0.05, 0) is 25.7 Å². The zero-order valence-electron chi connectivity index (χ0n) is 5.56. The Bertz CT molecular complexity index is 53.6. The number of hydrogen-bond acceptors (Lipinski definition) is 1. The zero-order valence-corrected chi connectivity index (χ0v) is 6.38. The molecule has 0 aromatic heterocycles. The molecule has 0 bridgehead atoms. The van der Waals surface area contributed by atoms with Crippen molar-refractivity contribution < 1.29 is 0 Å². The quantitative estimate of drug-likeness (QED) is 0.550. The van der Waals surface area contributed by atoms with Gasteiger partial charge in [-0.25, -0.2) is 10.0 Å². The molecule has 0 aromatic rings. The van der Waals surface area contributed by atoms with Crippen LogP contribution in [-0.2, 0) is 0 Å². The van der Waals surface area contributed by atoms with Gasteiger partial charge in [0.2, 0.25) is 0 Å². The molecule has 0 amide bonds. The predicted molar refractivity (Wildman–Crippen MR) is 39.0 cm³/mol. The summed E-state index contributed by atoms with van der Waals surface area (Å²) >= 11 is 0. The van der Waals surface area contributed by atoms with Gasteiger partial charge < -0.3 is 5.73 Å². The van der Waals surface area contributed by atoms with Gasteiger partial charge in [-0.1, -0.05) is 0 Å². The van der Waals surface area contributed by atoms with Crippen molar-refractivity contribution in [1.29, 1.82) is 0 Å². The van der Waals surface area contributed by atoms with Crippen molar-refractivity contribution >= 4 is 10.0 Å². The van der Waals surface area contributed by atoms with Crippen LogP contribution in [0.2, 0.25) is 0 Å². The second-order valence-corrected chi connectivity index (χ2v) is 7.24. The maximum Gasteiger partial charge on any atom is 0.0316 e. The monoisotopic (exact) mass is 121 g/mol. The van der Waals surface area contributed by atoms with E-state index in [2.05, 4.69) is 25.7 Å². The fourth-order valence-corrected chi connectivity index (χ4v) is 0. The summed E-state index contributed by atoms with van der Waals surface area (Å²) in [5, 5.41) is 0.382. The molecule has 1 atom stereocenters. The molecule has 7 heavy (non-hydrogen) atoms. The summed E-state index contributed by atoms with van der Waals surface area (Å²) < 4.78 is 0. The van der Waals surface area contributed by atoms with Crippen LogP contribution in [0.4, 0.5) is 0 Å². The van der Waals surface area contributed by atoms with E-state index < -0.39 is 10.0 Å². The van der Waals surface area contributed by atoms with E-state index in [1.807, 2.05) is 0 Å². The Morgan fingerprint density at radius 2 is 1.43 bits per heavy atom. The minimum absolute atomic E-state index is 0.382. The Labute approximate surface area is 47.6 Å².